The Labute approximate surface area is 195 Å². The van der Waals surface area contributed by atoms with Gasteiger partial charge in [-0.2, -0.15) is 15.0 Å². The molecule has 0 atom stereocenters. The van der Waals surface area contributed by atoms with Crippen molar-refractivity contribution in [2.45, 2.75) is 30.3 Å². The normalized spacial score (nSPS) is 14.4. The first-order valence-corrected chi connectivity index (χ1v) is 12.1. The third kappa shape index (κ3) is 5.93. The molecule has 0 unspecified atom stereocenters. The summed E-state index contributed by atoms with van der Waals surface area (Å²) in [7, 11) is 2.12. The standard InChI is InChI=1S/C21H26N8OS2/c1-4-16-13-22-20(31-16)25-18-24-19(29-11-9-28(3)10-12-29)27-21(26-18)32-17-7-5-15(6-8-17)23-14(2)30/h5-8,13H,4,9-12H2,1-3H3,(H,23,30)(H,22,24,25,26,27). The number of hydrogen-bond donors (Lipinski definition) is 2. The van der Waals surface area contributed by atoms with Gasteiger partial charge in [0, 0.05) is 54.8 Å². The van der Waals surface area contributed by atoms with Crippen LogP contribution in [0, 0.1) is 0 Å². The Kier molecular flexibility index (Phi) is 7.18. The molecule has 3 heterocycles. The molecule has 1 aliphatic rings. The van der Waals surface area contributed by atoms with Gasteiger partial charge in [0.25, 0.3) is 0 Å². The van der Waals surface area contributed by atoms with Gasteiger partial charge in [-0.15, -0.1) is 11.3 Å². The molecule has 3 aromatic rings. The molecule has 168 valence electrons. The lowest BCUT2D eigenvalue weighted by atomic mass is 10.3. The molecule has 0 bridgehead atoms. The van der Waals surface area contributed by atoms with E-state index >= 15 is 0 Å². The lowest BCUT2D eigenvalue weighted by Crippen LogP contribution is -2.45. The van der Waals surface area contributed by atoms with E-state index in [1.165, 1.54) is 23.6 Å². The third-order valence-corrected chi connectivity index (χ3v) is 6.82. The maximum absolute atomic E-state index is 11.2. The summed E-state index contributed by atoms with van der Waals surface area (Å²) in [5, 5.41) is 7.41. The van der Waals surface area contributed by atoms with E-state index in [0.717, 1.165) is 48.3 Å². The molecule has 0 saturated carbocycles. The van der Waals surface area contributed by atoms with Crippen molar-refractivity contribution in [3.63, 3.8) is 0 Å². The van der Waals surface area contributed by atoms with Crippen LogP contribution in [0.15, 0.2) is 40.5 Å². The fraction of sp³-hybridized carbons (Fsp3) is 0.381. The number of aryl methyl sites for hydroxylation is 1. The van der Waals surface area contributed by atoms with E-state index in [-0.39, 0.29) is 5.91 Å². The van der Waals surface area contributed by atoms with Crippen LogP contribution >= 0.6 is 23.1 Å². The predicted molar refractivity (Wildman–Crippen MR) is 129 cm³/mol. The zero-order chi connectivity index (χ0) is 22.5. The zero-order valence-electron chi connectivity index (χ0n) is 18.3. The SMILES string of the molecule is CCc1cnc(Nc2nc(Sc3ccc(NC(C)=O)cc3)nc(N3CCN(C)CC3)n2)s1. The summed E-state index contributed by atoms with van der Waals surface area (Å²) in [4.78, 5) is 36.4. The van der Waals surface area contributed by atoms with Crippen molar-refractivity contribution < 1.29 is 4.79 Å². The predicted octanol–water partition coefficient (Wildman–Crippen LogP) is 3.50. The fourth-order valence-corrected chi connectivity index (χ4v) is 4.62. The summed E-state index contributed by atoms with van der Waals surface area (Å²) >= 11 is 3.06. The largest absolute Gasteiger partial charge is 0.338 e. The molecule has 2 aromatic heterocycles. The summed E-state index contributed by atoms with van der Waals surface area (Å²) in [5.74, 6) is 1.06. The number of likely N-dealkylation sites (N-methyl/N-ethyl adjacent to an activating group) is 1. The lowest BCUT2D eigenvalue weighted by molar-refractivity contribution is -0.114. The number of amides is 1. The van der Waals surface area contributed by atoms with Crippen LogP contribution in [0.2, 0.25) is 0 Å². The molecule has 0 aliphatic carbocycles. The number of anilines is 4. The number of hydrogen-bond acceptors (Lipinski definition) is 10. The number of rotatable bonds is 7. The molecule has 0 radical (unpaired) electrons. The first-order valence-electron chi connectivity index (χ1n) is 10.5. The number of nitrogens with zero attached hydrogens (tertiary/aromatic N) is 6. The molecule has 2 N–H and O–H groups in total. The van der Waals surface area contributed by atoms with Gasteiger partial charge in [0.1, 0.15) is 0 Å². The lowest BCUT2D eigenvalue weighted by Gasteiger charge is -2.32. The minimum atomic E-state index is -0.0937. The van der Waals surface area contributed by atoms with Crippen LogP contribution in [-0.4, -0.2) is 64.0 Å². The molecule has 1 fully saturated rings. The van der Waals surface area contributed by atoms with E-state index in [1.54, 1.807) is 11.3 Å². The number of carbonyl (C=O) groups excluding carboxylic acids is 1. The Morgan fingerprint density at radius 1 is 1.12 bits per heavy atom. The highest BCUT2D eigenvalue weighted by Gasteiger charge is 2.19. The van der Waals surface area contributed by atoms with Crippen molar-refractivity contribution in [3.8, 4) is 0 Å². The van der Waals surface area contributed by atoms with Crippen LogP contribution in [0.1, 0.15) is 18.7 Å². The van der Waals surface area contributed by atoms with Gasteiger partial charge < -0.3 is 15.1 Å². The van der Waals surface area contributed by atoms with Crippen LogP contribution in [0.4, 0.5) is 22.7 Å². The molecular formula is C21H26N8OS2. The second-order valence-corrected chi connectivity index (χ2v) is 9.61. The number of carbonyl (C=O) groups is 1. The number of benzene rings is 1. The van der Waals surface area contributed by atoms with Gasteiger partial charge in [-0.05, 0) is 49.5 Å². The van der Waals surface area contributed by atoms with Crippen LogP contribution in [0.25, 0.3) is 0 Å². The van der Waals surface area contributed by atoms with Crippen molar-refractivity contribution >= 4 is 51.7 Å². The van der Waals surface area contributed by atoms with Crippen molar-refractivity contribution in [3.05, 3.63) is 35.3 Å². The van der Waals surface area contributed by atoms with Crippen LogP contribution in [0.5, 0.6) is 0 Å². The summed E-state index contributed by atoms with van der Waals surface area (Å²) in [6.07, 6.45) is 2.82. The van der Waals surface area contributed by atoms with E-state index in [9.17, 15) is 4.79 Å². The fourth-order valence-electron chi connectivity index (χ4n) is 3.13. The minimum Gasteiger partial charge on any atom is -0.338 e. The van der Waals surface area contributed by atoms with Crippen molar-refractivity contribution in [1.82, 2.24) is 24.8 Å². The summed E-state index contributed by atoms with van der Waals surface area (Å²) in [5.41, 5.74) is 0.758. The topological polar surface area (TPSA) is 99.2 Å². The van der Waals surface area contributed by atoms with E-state index in [4.69, 9.17) is 4.98 Å². The second-order valence-electron chi connectivity index (χ2n) is 7.45. The maximum atomic E-state index is 11.2. The highest BCUT2D eigenvalue weighted by atomic mass is 32.2. The first kappa shape index (κ1) is 22.4. The van der Waals surface area contributed by atoms with Gasteiger partial charge in [-0.25, -0.2) is 4.98 Å². The third-order valence-electron chi connectivity index (χ3n) is 4.89. The van der Waals surface area contributed by atoms with Gasteiger partial charge in [0.05, 0.1) is 0 Å². The number of piperazine rings is 1. The summed E-state index contributed by atoms with van der Waals surface area (Å²) < 4.78 is 0. The van der Waals surface area contributed by atoms with E-state index in [0.29, 0.717) is 17.1 Å². The van der Waals surface area contributed by atoms with E-state index in [1.807, 2.05) is 30.5 Å². The van der Waals surface area contributed by atoms with Gasteiger partial charge in [-0.1, -0.05) is 6.92 Å². The number of nitrogens with one attached hydrogen (secondary N) is 2. The zero-order valence-corrected chi connectivity index (χ0v) is 20.0. The Morgan fingerprint density at radius 3 is 2.53 bits per heavy atom. The molecular weight excluding hydrogens is 444 g/mol. The molecule has 9 nitrogen and oxygen atoms in total. The molecule has 1 amide bonds. The van der Waals surface area contributed by atoms with Crippen LogP contribution in [-0.2, 0) is 11.2 Å². The average Bonchev–Trinajstić information content (AvgIpc) is 3.22. The average molecular weight is 471 g/mol. The smallest absolute Gasteiger partial charge is 0.234 e. The Bertz CT molecular complexity index is 1060. The minimum absolute atomic E-state index is 0.0937. The Hall–Kier alpha value is -2.76. The first-order chi connectivity index (χ1) is 15.5. The molecule has 1 aliphatic heterocycles. The van der Waals surface area contributed by atoms with Crippen molar-refractivity contribution in [1.29, 1.82) is 0 Å². The molecule has 0 spiro atoms. The number of aromatic nitrogens is 4. The van der Waals surface area contributed by atoms with E-state index in [2.05, 4.69) is 49.4 Å². The van der Waals surface area contributed by atoms with Gasteiger partial charge >= 0.3 is 0 Å². The maximum Gasteiger partial charge on any atom is 0.234 e. The summed E-state index contributed by atoms with van der Waals surface area (Å²) in [6.45, 7) is 7.27. The monoisotopic (exact) mass is 470 g/mol. The highest BCUT2D eigenvalue weighted by molar-refractivity contribution is 7.99. The Balaban J connectivity index is 1.58. The number of thiazole rings is 1. The summed E-state index contributed by atoms with van der Waals surface area (Å²) in [6, 6.07) is 7.62. The van der Waals surface area contributed by atoms with Gasteiger partial charge in [0.15, 0.2) is 10.3 Å². The highest BCUT2D eigenvalue weighted by Crippen LogP contribution is 2.29. The molecule has 32 heavy (non-hydrogen) atoms. The van der Waals surface area contributed by atoms with Gasteiger partial charge in [-0.3, -0.25) is 10.1 Å². The van der Waals surface area contributed by atoms with E-state index < -0.39 is 0 Å². The second kappa shape index (κ2) is 10.2. The van der Waals surface area contributed by atoms with Crippen LogP contribution < -0.4 is 15.5 Å². The van der Waals surface area contributed by atoms with Crippen LogP contribution in [0.3, 0.4) is 0 Å². The quantitative estimate of drug-likeness (QED) is 0.537. The van der Waals surface area contributed by atoms with Crippen molar-refractivity contribution in [2.24, 2.45) is 0 Å². The Morgan fingerprint density at radius 2 is 1.88 bits per heavy atom. The molecule has 11 heteroatoms. The van der Waals surface area contributed by atoms with Gasteiger partial charge in [0.2, 0.25) is 17.8 Å². The van der Waals surface area contributed by atoms with Crippen molar-refractivity contribution in [2.75, 3.05) is 48.8 Å². The molecule has 1 saturated heterocycles. The molecule has 1 aromatic carbocycles. The molecule has 4 rings (SSSR count).